The van der Waals surface area contributed by atoms with Crippen molar-refractivity contribution in [1.29, 1.82) is 0 Å². The van der Waals surface area contributed by atoms with E-state index in [1.54, 1.807) is 0 Å². The summed E-state index contributed by atoms with van der Waals surface area (Å²) < 4.78 is 0. The SMILES string of the molecule is CC1(C)CCCN1C1CCCC(N)(C(=O)O)C1. The maximum absolute atomic E-state index is 11.3. The van der Waals surface area contributed by atoms with E-state index in [9.17, 15) is 9.90 Å². The molecule has 2 aliphatic rings. The Hall–Kier alpha value is -0.610. The summed E-state index contributed by atoms with van der Waals surface area (Å²) in [7, 11) is 0. The van der Waals surface area contributed by atoms with E-state index in [1.165, 1.54) is 12.8 Å². The minimum Gasteiger partial charge on any atom is -0.480 e. The van der Waals surface area contributed by atoms with Crippen molar-refractivity contribution in [2.45, 2.75) is 69.5 Å². The summed E-state index contributed by atoms with van der Waals surface area (Å²) in [5, 5.41) is 9.24. The third-order valence-corrected chi connectivity index (χ3v) is 4.59. The average Bonchev–Trinajstić information content (AvgIpc) is 2.58. The molecule has 0 amide bonds. The lowest BCUT2D eigenvalue weighted by atomic mass is 9.78. The Bertz CT molecular complexity index is 317. The lowest BCUT2D eigenvalue weighted by Crippen LogP contribution is -2.57. The molecule has 2 fully saturated rings. The van der Waals surface area contributed by atoms with Crippen LogP contribution in [0, 0.1) is 0 Å². The highest BCUT2D eigenvalue weighted by molar-refractivity contribution is 5.78. The highest BCUT2D eigenvalue weighted by atomic mass is 16.4. The van der Waals surface area contributed by atoms with Crippen molar-refractivity contribution in [1.82, 2.24) is 4.90 Å². The lowest BCUT2D eigenvalue weighted by Gasteiger charge is -2.44. The Morgan fingerprint density at radius 2 is 2.06 bits per heavy atom. The van der Waals surface area contributed by atoms with Crippen LogP contribution in [0.3, 0.4) is 0 Å². The molecule has 17 heavy (non-hydrogen) atoms. The van der Waals surface area contributed by atoms with E-state index in [0.717, 1.165) is 19.4 Å². The topological polar surface area (TPSA) is 66.6 Å². The van der Waals surface area contributed by atoms with Crippen molar-refractivity contribution >= 4 is 5.97 Å². The Morgan fingerprint density at radius 3 is 2.59 bits per heavy atom. The first-order valence-corrected chi connectivity index (χ1v) is 6.64. The van der Waals surface area contributed by atoms with Gasteiger partial charge in [0.05, 0.1) is 0 Å². The third kappa shape index (κ3) is 2.33. The molecule has 2 unspecified atom stereocenters. The number of carbonyl (C=O) groups is 1. The van der Waals surface area contributed by atoms with E-state index in [2.05, 4.69) is 18.7 Å². The number of carboxylic acids is 1. The maximum atomic E-state index is 11.3. The quantitative estimate of drug-likeness (QED) is 0.769. The molecule has 1 heterocycles. The van der Waals surface area contributed by atoms with Gasteiger partial charge in [-0.3, -0.25) is 9.69 Å². The molecule has 0 spiro atoms. The monoisotopic (exact) mass is 240 g/mol. The van der Waals surface area contributed by atoms with Crippen LogP contribution in [0.1, 0.15) is 52.4 Å². The van der Waals surface area contributed by atoms with Crippen LogP contribution >= 0.6 is 0 Å². The molecule has 0 aromatic heterocycles. The molecule has 4 nitrogen and oxygen atoms in total. The zero-order chi connectivity index (χ0) is 12.7. The minimum atomic E-state index is -0.998. The van der Waals surface area contributed by atoms with Gasteiger partial charge in [-0.25, -0.2) is 0 Å². The standard InChI is InChI=1S/C13H24N2O2/c1-12(2)6-4-8-15(12)10-5-3-7-13(14,9-10)11(16)17/h10H,3-9,14H2,1-2H3,(H,16,17). The predicted octanol–water partition coefficient (Wildman–Crippen LogP) is 1.59. The van der Waals surface area contributed by atoms with Gasteiger partial charge in [-0.1, -0.05) is 0 Å². The lowest BCUT2D eigenvalue weighted by molar-refractivity contribution is -0.145. The first kappa shape index (κ1) is 12.8. The van der Waals surface area contributed by atoms with Crippen LogP contribution in [0.4, 0.5) is 0 Å². The van der Waals surface area contributed by atoms with Gasteiger partial charge in [-0.15, -0.1) is 0 Å². The van der Waals surface area contributed by atoms with Gasteiger partial charge in [-0.05, 0) is 58.9 Å². The molecule has 2 atom stereocenters. The van der Waals surface area contributed by atoms with E-state index in [0.29, 0.717) is 18.9 Å². The average molecular weight is 240 g/mol. The normalized spacial score (nSPS) is 38.2. The number of likely N-dealkylation sites (tertiary alicyclic amines) is 1. The first-order chi connectivity index (χ1) is 7.85. The van der Waals surface area contributed by atoms with E-state index in [-0.39, 0.29) is 5.54 Å². The van der Waals surface area contributed by atoms with E-state index >= 15 is 0 Å². The van der Waals surface area contributed by atoms with Crippen molar-refractivity contribution < 1.29 is 9.90 Å². The molecule has 0 radical (unpaired) electrons. The number of nitrogens with two attached hydrogens (primary N) is 1. The molecule has 0 bridgehead atoms. The summed E-state index contributed by atoms with van der Waals surface area (Å²) in [6, 6.07) is 0.349. The fourth-order valence-corrected chi connectivity index (χ4v) is 3.54. The molecule has 98 valence electrons. The predicted molar refractivity (Wildman–Crippen MR) is 66.8 cm³/mol. The summed E-state index contributed by atoms with van der Waals surface area (Å²) in [6.07, 6.45) is 5.66. The fourth-order valence-electron chi connectivity index (χ4n) is 3.54. The summed E-state index contributed by atoms with van der Waals surface area (Å²) >= 11 is 0. The van der Waals surface area contributed by atoms with Crippen LogP contribution in [0.25, 0.3) is 0 Å². The van der Waals surface area contributed by atoms with E-state index in [1.807, 2.05) is 0 Å². The fraction of sp³-hybridized carbons (Fsp3) is 0.923. The van der Waals surface area contributed by atoms with Crippen molar-refractivity contribution in [3.05, 3.63) is 0 Å². The molecule has 0 aromatic carbocycles. The molecular formula is C13H24N2O2. The van der Waals surface area contributed by atoms with Gasteiger partial charge < -0.3 is 10.8 Å². The number of rotatable bonds is 2. The molecule has 0 aromatic rings. The smallest absolute Gasteiger partial charge is 0.323 e. The van der Waals surface area contributed by atoms with Crippen LogP contribution in [-0.2, 0) is 4.79 Å². The Labute approximate surface area is 103 Å². The number of hydrogen-bond donors (Lipinski definition) is 2. The largest absolute Gasteiger partial charge is 0.480 e. The van der Waals surface area contributed by atoms with Gasteiger partial charge >= 0.3 is 5.97 Å². The van der Waals surface area contributed by atoms with Crippen molar-refractivity contribution in [3.63, 3.8) is 0 Å². The number of nitrogens with zero attached hydrogens (tertiary/aromatic N) is 1. The second kappa shape index (κ2) is 4.25. The second-order valence-corrected chi connectivity index (χ2v) is 6.32. The van der Waals surface area contributed by atoms with Crippen LogP contribution < -0.4 is 5.73 Å². The van der Waals surface area contributed by atoms with Gasteiger partial charge in [0, 0.05) is 11.6 Å². The van der Waals surface area contributed by atoms with Gasteiger partial charge in [0.15, 0.2) is 0 Å². The minimum absolute atomic E-state index is 0.210. The Balaban J connectivity index is 2.10. The number of hydrogen-bond acceptors (Lipinski definition) is 3. The van der Waals surface area contributed by atoms with Gasteiger partial charge in [0.25, 0.3) is 0 Å². The van der Waals surface area contributed by atoms with E-state index < -0.39 is 11.5 Å². The molecular weight excluding hydrogens is 216 g/mol. The van der Waals surface area contributed by atoms with Gasteiger partial charge in [-0.2, -0.15) is 0 Å². The van der Waals surface area contributed by atoms with Crippen LogP contribution in [0.15, 0.2) is 0 Å². The molecule has 4 heteroatoms. The molecule has 1 saturated carbocycles. The maximum Gasteiger partial charge on any atom is 0.323 e. The Kier molecular flexibility index (Phi) is 3.21. The van der Waals surface area contributed by atoms with Gasteiger partial charge in [0.2, 0.25) is 0 Å². The first-order valence-electron chi connectivity index (χ1n) is 6.64. The van der Waals surface area contributed by atoms with Crippen LogP contribution in [0.5, 0.6) is 0 Å². The molecule has 2 rings (SSSR count). The van der Waals surface area contributed by atoms with E-state index in [4.69, 9.17) is 5.73 Å². The summed E-state index contributed by atoms with van der Waals surface area (Å²) in [4.78, 5) is 13.7. The highest BCUT2D eigenvalue weighted by Gasteiger charge is 2.45. The zero-order valence-corrected chi connectivity index (χ0v) is 10.9. The van der Waals surface area contributed by atoms with Crippen molar-refractivity contribution in [2.75, 3.05) is 6.54 Å². The highest BCUT2D eigenvalue weighted by Crippen LogP contribution is 2.37. The molecule has 1 aliphatic heterocycles. The summed E-state index contributed by atoms with van der Waals surface area (Å²) in [5.74, 6) is -0.834. The van der Waals surface area contributed by atoms with Gasteiger partial charge in [0.1, 0.15) is 5.54 Å². The molecule has 1 saturated heterocycles. The summed E-state index contributed by atoms with van der Waals surface area (Å²) in [6.45, 7) is 5.61. The Morgan fingerprint density at radius 1 is 1.35 bits per heavy atom. The third-order valence-electron chi connectivity index (χ3n) is 4.59. The second-order valence-electron chi connectivity index (χ2n) is 6.32. The zero-order valence-electron chi connectivity index (χ0n) is 10.9. The van der Waals surface area contributed by atoms with Crippen molar-refractivity contribution in [2.24, 2.45) is 5.73 Å². The molecule has 3 N–H and O–H groups in total. The van der Waals surface area contributed by atoms with Crippen LogP contribution in [-0.4, -0.2) is 39.6 Å². The van der Waals surface area contributed by atoms with Crippen LogP contribution in [0.2, 0.25) is 0 Å². The number of carboxylic acid groups (broad SMARTS) is 1. The summed E-state index contributed by atoms with van der Waals surface area (Å²) in [5.41, 5.74) is 5.23. The number of aliphatic carboxylic acids is 1. The molecule has 1 aliphatic carbocycles. The van der Waals surface area contributed by atoms with Crippen molar-refractivity contribution in [3.8, 4) is 0 Å².